The lowest BCUT2D eigenvalue weighted by atomic mass is 10.4. The lowest BCUT2D eigenvalue weighted by molar-refractivity contribution is -0.131. The van der Waals surface area contributed by atoms with Gasteiger partial charge < -0.3 is 16.6 Å². The van der Waals surface area contributed by atoms with E-state index in [0.29, 0.717) is 6.08 Å². The molecule has 5 heteroatoms. The summed E-state index contributed by atoms with van der Waals surface area (Å²) >= 11 is 0. The predicted octanol–water partition coefficient (Wildman–Crippen LogP) is -1.60. The zero-order valence-electron chi connectivity index (χ0n) is 4.50. The van der Waals surface area contributed by atoms with Gasteiger partial charge in [-0.1, -0.05) is 0 Å². The molecule has 0 aromatic carbocycles. The number of aliphatic carboxylic acids is 1. The van der Waals surface area contributed by atoms with E-state index in [0.717, 1.165) is 0 Å². The van der Waals surface area contributed by atoms with E-state index in [9.17, 15) is 9.59 Å². The summed E-state index contributed by atoms with van der Waals surface area (Å²) in [4.78, 5) is 19.8. The number of rotatable bonds is 2. The van der Waals surface area contributed by atoms with E-state index in [1.54, 1.807) is 0 Å². The molecule has 0 radical (unpaired) electrons. The van der Waals surface area contributed by atoms with Gasteiger partial charge in [0.05, 0.1) is 6.08 Å². The first-order valence-electron chi connectivity index (χ1n) is 2.04. The normalized spacial score (nSPS) is 10.9. The molecule has 0 heterocycles. The van der Waals surface area contributed by atoms with Crippen molar-refractivity contribution in [2.24, 2.45) is 11.5 Å². The van der Waals surface area contributed by atoms with Crippen molar-refractivity contribution in [2.45, 2.75) is 0 Å². The molecule has 1 amide bonds. The van der Waals surface area contributed by atoms with Gasteiger partial charge in [-0.25, -0.2) is 4.79 Å². The largest absolute Gasteiger partial charge is 0.478 e. The van der Waals surface area contributed by atoms with Crippen molar-refractivity contribution in [3.8, 4) is 0 Å². The molecule has 0 fully saturated rings. The fourth-order valence-electron chi connectivity index (χ4n) is 0.204. The smallest absolute Gasteiger partial charge is 0.330 e. The fraction of sp³-hybridized carbons (Fsp3) is 0. The molecule has 0 aromatic rings. The molecule has 0 unspecified atom stereocenters. The van der Waals surface area contributed by atoms with Gasteiger partial charge in [-0.2, -0.15) is 0 Å². The predicted molar refractivity (Wildman–Crippen MR) is 29.1 cm³/mol. The highest BCUT2D eigenvalue weighted by atomic mass is 16.4. The molecule has 0 aliphatic carbocycles. The minimum atomic E-state index is -1.29. The van der Waals surface area contributed by atoms with Crippen LogP contribution in [0.5, 0.6) is 0 Å². The van der Waals surface area contributed by atoms with Crippen LogP contribution in [0.4, 0.5) is 0 Å². The van der Waals surface area contributed by atoms with Crippen LogP contribution in [0.15, 0.2) is 11.8 Å². The Hall–Kier alpha value is -1.52. The van der Waals surface area contributed by atoms with Crippen molar-refractivity contribution >= 4 is 11.9 Å². The molecular weight excluding hydrogens is 124 g/mol. The van der Waals surface area contributed by atoms with Crippen LogP contribution in [0.3, 0.4) is 0 Å². The van der Waals surface area contributed by atoms with Gasteiger partial charge in [0.1, 0.15) is 5.70 Å². The minimum absolute atomic E-state index is 0.456. The molecule has 0 aromatic heterocycles. The number of carboxylic acid groups (broad SMARTS) is 1. The first-order valence-corrected chi connectivity index (χ1v) is 2.04. The highest BCUT2D eigenvalue weighted by Crippen LogP contribution is 1.79. The Labute approximate surface area is 50.9 Å². The van der Waals surface area contributed by atoms with Crippen LogP contribution in [0.1, 0.15) is 0 Å². The topological polar surface area (TPSA) is 106 Å². The third-order valence-corrected chi connectivity index (χ3v) is 0.563. The highest BCUT2D eigenvalue weighted by molar-refractivity contribution is 5.97. The molecule has 0 aliphatic rings. The second-order valence-electron chi connectivity index (χ2n) is 1.30. The molecule has 0 atom stereocenters. The molecule has 9 heavy (non-hydrogen) atoms. The first-order chi connectivity index (χ1) is 4.04. The van der Waals surface area contributed by atoms with E-state index in [1.807, 2.05) is 0 Å². The summed E-state index contributed by atoms with van der Waals surface area (Å²) in [5, 5.41) is 7.97. The van der Waals surface area contributed by atoms with Crippen molar-refractivity contribution < 1.29 is 14.7 Å². The Kier molecular flexibility index (Phi) is 2.25. The Bertz CT molecular complexity index is 173. The van der Waals surface area contributed by atoms with Crippen molar-refractivity contribution in [1.29, 1.82) is 0 Å². The van der Waals surface area contributed by atoms with Gasteiger partial charge in [-0.3, -0.25) is 4.79 Å². The number of primary amides is 1. The van der Waals surface area contributed by atoms with E-state index in [-0.39, 0.29) is 0 Å². The van der Waals surface area contributed by atoms with Crippen molar-refractivity contribution in [3.05, 3.63) is 11.8 Å². The Morgan fingerprint density at radius 1 is 1.33 bits per heavy atom. The molecule has 0 saturated carbocycles. The van der Waals surface area contributed by atoms with Crippen LogP contribution in [-0.2, 0) is 9.59 Å². The molecule has 0 rings (SSSR count). The van der Waals surface area contributed by atoms with Gasteiger partial charge in [-0.05, 0) is 0 Å². The van der Waals surface area contributed by atoms with Crippen LogP contribution in [-0.4, -0.2) is 17.0 Å². The summed E-state index contributed by atoms with van der Waals surface area (Å²) in [6.45, 7) is 0. The summed E-state index contributed by atoms with van der Waals surface area (Å²) in [5.74, 6) is -2.22. The lowest BCUT2D eigenvalue weighted by Gasteiger charge is -1.88. The van der Waals surface area contributed by atoms with Crippen molar-refractivity contribution in [3.63, 3.8) is 0 Å². The van der Waals surface area contributed by atoms with Crippen LogP contribution < -0.4 is 11.5 Å². The van der Waals surface area contributed by atoms with E-state index in [2.05, 4.69) is 5.73 Å². The van der Waals surface area contributed by atoms with Crippen LogP contribution >= 0.6 is 0 Å². The van der Waals surface area contributed by atoms with E-state index in [4.69, 9.17) is 10.8 Å². The molecule has 0 aliphatic heterocycles. The summed E-state index contributed by atoms with van der Waals surface area (Å²) in [5.41, 5.74) is 8.96. The highest BCUT2D eigenvalue weighted by Gasteiger charge is 1.99. The number of carbonyl (C=O) groups excluding carboxylic acids is 1. The summed E-state index contributed by atoms with van der Waals surface area (Å²) < 4.78 is 0. The third-order valence-electron chi connectivity index (χ3n) is 0.563. The minimum Gasteiger partial charge on any atom is -0.478 e. The van der Waals surface area contributed by atoms with Gasteiger partial charge in [-0.15, -0.1) is 0 Å². The monoisotopic (exact) mass is 130 g/mol. The first kappa shape index (κ1) is 7.48. The number of hydrogen-bond donors (Lipinski definition) is 3. The molecule has 0 saturated heterocycles. The maximum absolute atomic E-state index is 10.0. The summed E-state index contributed by atoms with van der Waals surface area (Å²) in [6, 6.07) is 0. The van der Waals surface area contributed by atoms with Gasteiger partial charge in [0.25, 0.3) is 5.91 Å². The Morgan fingerprint density at radius 3 is 1.89 bits per heavy atom. The lowest BCUT2D eigenvalue weighted by Crippen LogP contribution is -2.21. The fourth-order valence-corrected chi connectivity index (χ4v) is 0.204. The third kappa shape index (κ3) is 3.10. The molecule has 5 N–H and O–H groups in total. The standard InChI is InChI=1S/C4H6N2O3/c5-2(4(6)9)1-3(7)8/h1H,5H2,(H2,6,9)(H,7,8). The molecular formula is C4H6N2O3. The number of carboxylic acids is 1. The van der Waals surface area contributed by atoms with Gasteiger partial charge >= 0.3 is 5.97 Å². The van der Waals surface area contributed by atoms with Gasteiger partial charge in [0, 0.05) is 0 Å². The molecule has 5 nitrogen and oxygen atoms in total. The van der Waals surface area contributed by atoms with Gasteiger partial charge in [0.2, 0.25) is 0 Å². The maximum atomic E-state index is 10.0. The molecule has 50 valence electrons. The zero-order valence-corrected chi connectivity index (χ0v) is 4.50. The zero-order chi connectivity index (χ0) is 7.44. The summed E-state index contributed by atoms with van der Waals surface area (Å²) in [7, 11) is 0. The van der Waals surface area contributed by atoms with E-state index < -0.39 is 17.6 Å². The van der Waals surface area contributed by atoms with Crippen LogP contribution in [0, 0.1) is 0 Å². The number of amides is 1. The summed E-state index contributed by atoms with van der Waals surface area (Å²) in [6.07, 6.45) is 0.544. The van der Waals surface area contributed by atoms with Crippen LogP contribution in [0.25, 0.3) is 0 Å². The van der Waals surface area contributed by atoms with E-state index in [1.165, 1.54) is 0 Å². The van der Waals surface area contributed by atoms with E-state index >= 15 is 0 Å². The average Bonchev–Trinajstić information content (AvgIpc) is 1.63. The quantitative estimate of drug-likeness (QED) is 0.391. The van der Waals surface area contributed by atoms with Crippen molar-refractivity contribution in [1.82, 2.24) is 0 Å². The average molecular weight is 130 g/mol. The molecule has 0 spiro atoms. The van der Waals surface area contributed by atoms with Crippen molar-refractivity contribution in [2.75, 3.05) is 0 Å². The SMILES string of the molecule is NC(=O)C(N)=CC(=O)O. The Morgan fingerprint density at radius 2 is 1.78 bits per heavy atom. The number of carbonyl (C=O) groups is 2. The van der Waals surface area contributed by atoms with Crippen LogP contribution in [0.2, 0.25) is 0 Å². The number of hydrogen-bond acceptors (Lipinski definition) is 3. The maximum Gasteiger partial charge on any atom is 0.330 e. The Balaban J connectivity index is 4.17. The number of nitrogens with two attached hydrogens (primary N) is 2. The van der Waals surface area contributed by atoms with Gasteiger partial charge in [0.15, 0.2) is 0 Å². The second kappa shape index (κ2) is 2.71. The second-order valence-corrected chi connectivity index (χ2v) is 1.30. The molecule has 0 bridgehead atoms.